The SMILES string of the molecule is CCC(C)[C@H](NC(=O)N1CCC(O)CC1)C(=O)O. The zero-order valence-corrected chi connectivity index (χ0v) is 10.9. The van der Waals surface area contributed by atoms with Crippen LogP contribution in [0, 0.1) is 5.92 Å². The zero-order chi connectivity index (χ0) is 13.7. The van der Waals surface area contributed by atoms with Gasteiger partial charge in [0.2, 0.25) is 0 Å². The van der Waals surface area contributed by atoms with Crippen LogP contribution in [-0.4, -0.2) is 52.3 Å². The van der Waals surface area contributed by atoms with E-state index in [2.05, 4.69) is 5.32 Å². The minimum absolute atomic E-state index is 0.109. The first kappa shape index (κ1) is 14.8. The van der Waals surface area contributed by atoms with Gasteiger partial charge in [0.1, 0.15) is 6.04 Å². The minimum atomic E-state index is -1.00. The molecule has 1 saturated heterocycles. The summed E-state index contributed by atoms with van der Waals surface area (Å²) in [5, 5.41) is 21.0. The number of piperidine rings is 1. The summed E-state index contributed by atoms with van der Waals surface area (Å²) in [5.74, 6) is -1.11. The first-order valence-electron chi connectivity index (χ1n) is 6.42. The molecule has 0 spiro atoms. The number of nitrogens with zero attached hydrogens (tertiary/aromatic N) is 1. The number of carbonyl (C=O) groups excluding carboxylic acids is 1. The Morgan fingerprint density at radius 1 is 1.39 bits per heavy atom. The topological polar surface area (TPSA) is 89.9 Å². The Hall–Kier alpha value is -1.30. The Kier molecular flexibility index (Phi) is 5.40. The van der Waals surface area contributed by atoms with E-state index >= 15 is 0 Å². The third-order valence-electron chi connectivity index (χ3n) is 3.51. The van der Waals surface area contributed by atoms with Crippen molar-refractivity contribution >= 4 is 12.0 Å². The molecule has 1 aliphatic rings. The van der Waals surface area contributed by atoms with E-state index in [0.29, 0.717) is 32.4 Å². The van der Waals surface area contributed by atoms with Crippen molar-refractivity contribution in [3.63, 3.8) is 0 Å². The van der Waals surface area contributed by atoms with Crippen molar-refractivity contribution in [3.8, 4) is 0 Å². The maximum absolute atomic E-state index is 11.9. The summed E-state index contributed by atoms with van der Waals surface area (Å²) in [7, 11) is 0. The minimum Gasteiger partial charge on any atom is -0.480 e. The van der Waals surface area contributed by atoms with Crippen LogP contribution in [0.1, 0.15) is 33.1 Å². The highest BCUT2D eigenvalue weighted by Crippen LogP contribution is 2.12. The van der Waals surface area contributed by atoms with Crippen molar-refractivity contribution in [2.24, 2.45) is 5.92 Å². The maximum atomic E-state index is 11.9. The van der Waals surface area contributed by atoms with Crippen LogP contribution in [0.25, 0.3) is 0 Å². The monoisotopic (exact) mass is 258 g/mol. The normalized spacial score (nSPS) is 20.3. The Bertz CT molecular complexity index is 300. The molecule has 1 heterocycles. The van der Waals surface area contributed by atoms with Crippen LogP contribution in [0.2, 0.25) is 0 Å². The zero-order valence-electron chi connectivity index (χ0n) is 10.9. The van der Waals surface area contributed by atoms with Crippen LogP contribution < -0.4 is 5.32 Å². The number of nitrogens with one attached hydrogen (secondary N) is 1. The molecule has 0 saturated carbocycles. The van der Waals surface area contributed by atoms with Crippen molar-refractivity contribution in [1.29, 1.82) is 0 Å². The summed E-state index contributed by atoms with van der Waals surface area (Å²) in [6.45, 7) is 4.64. The molecule has 1 unspecified atom stereocenters. The van der Waals surface area contributed by atoms with Crippen LogP contribution in [0.15, 0.2) is 0 Å². The number of aliphatic hydroxyl groups is 1. The van der Waals surface area contributed by atoms with Crippen LogP contribution in [-0.2, 0) is 4.79 Å². The number of aliphatic carboxylic acids is 1. The largest absolute Gasteiger partial charge is 0.480 e. The van der Waals surface area contributed by atoms with E-state index in [9.17, 15) is 14.7 Å². The molecule has 0 aromatic carbocycles. The molecule has 2 atom stereocenters. The summed E-state index contributed by atoms with van der Waals surface area (Å²) in [4.78, 5) is 24.6. The Balaban J connectivity index is 2.53. The Morgan fingerprint density at radius 2 is 1.94 bits per heavy atom. The van der Waals surface area contributed by atoms with E-state index in [1.807, 2.05) is 6.92 Å². The lowest BCUT2D eigenvalue weighted by molar-refractivity contribution is -0.140. The fourth-order valence-corrected chi connectivity index (χ4v) is 1.98. The molecule has 0 aromatic heterocycles. The number of aliphatic hydroxyl groups excluding tert-OH is 1. The second-order valence-corrected chi connectivity index (χ2v) is 4.87. The molecule has 6 nitrogen and oxygen atoms in total. The van der Waals surface area contributed by atoms with Crippen LogP contribution in [0.4, 0.5) is 4.79 Å². The summed E-state index contributed by atoms with van der Waals surface area (Å²) in [5.41, 5.74) is 0. The number of carboxylic acids is 1. The summed E-state index contributed by atoms with van der Waals surface area (Å²) in [6, 6.07) is -1.20. The van der Waals surface area contributed by atoms with Gasteiger partial charge in [-0.25, -0.2) is 9.59 Å². The molecular formula is C12H22N2O4. The van der Waals surface area contributed by atoms with Crippen molar-refractivity contribution in [1.82, 2.24) is 10.2 Å². The van der Waals surface area contributed by atoms with E-state index in [1.54, 1.807) is 11.8 Å². The number of carboxylic acid groups (broad SMARTS) is 1. The van der Waals surface area contributed by atoms with Crippen LogP contribution in [0.5, 0.6) is 0 Å². The highest BCUT2D eigenvalue weighted by atomic mass is 16.4. The standard InChI is InChI=1S/C12H22N2O4/c1-3-8(2)10(11(16)17)13-12(18)14-6-4-9(15)5-7-14/h8-10,15H,3-7H2,1-2H3,(H,13,18)(H,16,17)/t8?,10-/m0/s1. The molecule has 3 N–H and O–H groups in total. The molecule has 2 amide bonds. The van der Waals surface area contributed by atoms with Gasteiger partial charge >= 0.3 is 12.0 Å². The third-order valence-corrected chi connectivity index (χ3v) is 3.51. The van der Waals surface area contributed by atoms with Crippen molar-refractivity contribution in [2.75, 3.05) is 13.1 Å². The summed E-state index contributed by atoms with van der Waals surface area (Å²) >= 11 is 0. The molecule has 1 aliphatic heterocycles. The van der Waals surface area contributed by atoms with E-state index in [0.717, 1.165) is 0 Å². The van der Waals surface area contributed by atoms with E-state index < -0.39 is 12.0 Å². The van der Waals surface area contributed by atoms with Gasteiger partial charge in [0.25, 0.3) is 0 Å². The summed E-state index contributed by atoms with van der Waals surface area (Å²) in [6.07, 6.45) is 1.44. The molecular weight excluding hydrogens is 236 g/mol. The number of rotatable bonds is 4. The lowest BCUT2D eigenvalue weighted by Gasteiger charge is -2.31. The van der Waals surface area contributed by atoms with Gasteiger partial charge < -0.3 is 20.4 Å². The van der Waals surface area contributed by atoms with E-state index in [1.165, 1.54) is 0 Å². The number of hydrogen-bond acceptors (Lipinski definition) is 3. The molecule has 0 radical (unpaired) electrons. The molecule has 1 rings (SSSR count). The maximum Gasteiger partial charge on any atom is 0.326 e. The van der Waals surface area contributed by atoms with Crippen LogP contribution in [0.3, 0.4) is 0 Å². The number of hydrogen-bond donors (Lipinski definition) is 3. The fraction of sp³-hybridized carbons (Fsp3) is 0.833. The van der Waals surface area contributed by atoms with Gasteiger partial charge in [-0.05, 0) is 18.8 Å². The van der Waals surface area contributed by atoms with E-state index in [-0.39, 0.29) is 18.1 Å². The predicted molar refractivity (Wildman–Crippen MR) is 66.2 cm³/mol. The van der Waals surface area contributed by atoms with Crippen LogP contribution >= 0.6 is 0 Å². The second kappa shape index (κ2) is 6.58. The summed E-state index contributed by atoms with van der Waals surface area (Å²) < 4.78 is 0. The molecule has 0 aliphatic carbocycles. The molecule has 1 fully saturated rings. The Labute approximate surface area is 107 Å². The predicted octanol–water partition coefficient (Wildman–Crippen LogP) is 0.652. The smallest absolute Gasteiger partial charge is 0.326 e. The van der Waals surface area contributed by atoms with Gasteiger partial charge in [-0.1, -0.05) is 20.3 Å². The van der Waals surface area contributed by atoms with Crippen molar-refractivity contribution in [3.05, 3.63) is 0 Å². The number of likely N-dealkylation sites (tertiary alicyclic amines) is 1. The van der Waals surface area contributed by atoms with Crippen molar-refractivity contribution in [2.45, 2.75) is 45.3 Å². The van der Waals surface area contributed by atoms with Gasteiger partial charge in [-0.15, -0.1) is 0 Å². The van der Waals surface area contributed by atoms with Crippen molar-refractivity contribution < 1.29 is 19.8 Å². The lowest BCUT2D eigenvalue weighted by atomic mass is 9.99. The highest BCUT2D eigenvalue weighted by molar-refractivity contribution is 5.82. The van der Waals surface area contributed by atoms with E-state index in [4.69, 9.17) is 5.11 Å². The molecule has 18 heavy (non-hydrogen) atoms. The second-order valence-electron chi connectivity index (χ2n) is 4.87. The van der Waals surface area contributed by atoms with Gasteiger partial charge in [-0.2, -0.15) is 0 Å². The first-order valence-corrected chi connectivity index (χ1v) is 6.42. The van der Waals surface area contributed by atoms with Gasteiger partial charge in [0, 0.05) is 13.1 Å². The number of carbonyl (C=O) groups is 2. The highest BCUT2D eigenvalue weighted by Gasteiger charge is 2.28. The Morgan fingerprint density at radius 3 is 2.39 bits per heavy atom. The van der Waals surface area contributed by atoms with Gasteiger partial charge in [0.05, 0.1) is 6.10 Å². The quantitative estimate of drug-likeness (QED) is 0.690. The first-order chi connectivity index (χ1) is 8.45. The molecule has 104 valence electrons. The average Bonchev–Trinajstić information content (AvgIpc) is 2.35. The molecule has 0 bridgehead atoms. The third kappa shape index (κ3) is 3.87. The average molecular weight is 258 g/mol. The molecule has 0 aromatic rings. The lowest BCUT2D eigenvalue weighted by Crippen LogP contribution is -2.52. The number of amides is 2. The van der Waals surface area contributed by atoms with Gasteiger partial charge in [-0.3, -0.25) is 0 Å². The molecule has 6 heteroatoms. The number of urea groups is 1. The fourth-order valence-electron chi connectivity index (χ4n) is 1.98. The van der Waals surface area contributed by atoms with Gasteiger partial charge in [0.15, 0.2) is 0 Å².